The molecule has 0 bridgehead atoms. The molecule has 0 unspecified atom stereocenters. The highest BCUT2D eigenvalue weighted by Crippen LogP contribution is 2.39. The monoisotopic (exact) mass is 329 g/mol. The van der Waals surface area contributed by atoms with Crippen molar-refractivity contribution in [2.45, 2.75) is 25.1 Å². The molecule has 1 aromatic carbocycles. The summed E-state index contributed by atoms with van der Waals surface area (Å²) in [6.45, 7) is 0. The van der Waals surface area contributed by atoms with Gasteiger partial charge in [-0.2, -0.15) is 13.2 Å². The number of rotatable bonds is 6. The fourth-order valence-electron chi connectivity index (χ4n) is 1.86. The van der Waals surface area contributed by atoms with Gasteiger partial charge in [0.1, 0.15) is 17.2 Å². The smallest absolute Gasteiger partial charge is 0.389 e. The zero-order chi connectivity index (χ0) is 15.3. The lowest BCUT2D eigenvalue weighted by molar-refractivity contribution is -0.136. The van der Waals surface area contributed by atoms with Crippen LogP contribution >= 0.6 is 12.4 Å². The Hall–Kier alpha value is -1.34. The average molecular weight is 330 g/mol. The maximum atomic E-state index is 12.3. The van der Waals surface area contributed by atoms with Crippen molar-refractivity contribution < 1.29 is 27.4 Å². The number of benzene rings is 1. The van der Waals surface area contributed by atoms with Crippen molar-refractivity contribution in [1.29, 1.82) is 0 Å². The van der Waals surface area contributed by atoms with Crippen LogP contribution in [0, 0.1) is 0 Å². The van der Waals surface area contributed by atoms with Crippen molar-refractivity contribution in [3.05, 3.63) is 17.7 Å². The average Bonchev–Trinajstić information content (AvgIpc) is 2.42. The summed E-state index contributed by atoms with van der Waals surface area (Å²) in [6, 6.07) is 2.28. The number of nitrogens with two attached hydrogens (primary N) is 1. The first-order chi connectivity index (χ1) is 9.32. The molecule has 4 nitrogen and oxygen atoms in total. The second-order valence-corrected chi connectivity index (χ2v) is 4.21. The molecule has 0 spiro atoms. The number of halogens is 4. The quantitative estimate of drug-likeness (QED) is 0.868. The van der Waals surface area contributed by atoms with Crippen molar-refractivity contribution in [2.24, 2.45) is 5.73 Å². The lowest BCUT2D eigenvalue weighted by Gasteiger charge is -2.20. The van der Waals surface area contributed by atoms with Gasteiger partial charge in [0.2, 0.25) is 0 Å². The third-order valence-electron chi connectivity index (χ3n) is 2.86. The summed E-state index contributed by atoms with van der Waals surface area (Å²) in [5, 5.41) is 0. The molecule has 0 aromatic heterocycles. The van der Waals surface area contributed by atoms with Gasteiger partial charge in [-0.15, -0.1) is 12.4 Å². The predicted octanol–water partition coefficient (Wildman–Crippen LogP) is 3.48. The van der Waals surface area contributed by atoms with E-state index in [2.05, 4.69) is 0 Å². The molecule has 1 rings (SSSR count). The van der Waals surface area contributed by atoms with E-state index in [4.69, 9.17) is 19.9 Å². The van der Waals surface area contributed by atoms with E-state index in [0.717, 1.165) is 0 Å². The van der Waals surface area contributed by atoms with E-state index in [1.54, 1.807) is 12.1 Å². The van der Waals surface area contributed by atoms with Gasteiger partial charge >= 0.3 is 6.18 Å². The highest BCUT2D eigenvalue weighted by molar-refractivity contribution is 5.85. The second-order valence-electron chi connectivity index (χ2n) is 4.21. The van der Waals surface area contributed by atoms with E-state index in [-0.39, 0.29) is 18.8 Å². The molecule has 0 amide bonds. The Kier molecular flexibility index (Phi) is 7.67. The minimum absolute atomic E-state index is 0. The highest BCUT2D eigenvalue weighted by atomic mass is 35.5. The maximum Gasteiger partial charge on any atom is 0.389 e. The van der Waals surface area contributed by atoms with Crippen LogP contribution in [0.15, 0.2) is 12.1 Å². The van der Waals surface area contributed by atoms with Crippen LogP contribution in [-0.2, 0) is 0 Å². The molecule has 1 aromatic rings. The van der Waals surface area contributed by atoms with E-state index in [9.17, 15) is 13.2 Å². The minimum atomic E-state index is -4.25. The van der Waals surface area contributed by atoms with Crippen LogP contribution in [0.2, 0.25) is 0 Å². The standard InChI is InChI=1S/C13H18F3NO3.ClH/c1-18-8-6-10(19-2)12(11(7-8)20-3)9(17)4-5-13(14,15)16;/h6-7,9H,4-5,17H2,1-3H3;1H/t9-;/m1./s1. The van der Waals surface area contributed by atoms with Crippen molar-refractivity contribution in [1.82, 2.24) is 0 Å². The summed E-state index contributed by atoms with van der Waals surface area (Å²) in [6.07, 6.45) is -5.46. The highest BCUT2D eigenvalue weighted by Gasteiger charge is 2.29. The fourth-order valence-corrected chi connectivity index (χ4v) is 1.86. The van der Waals surface area contributed by atoms with Crippen LogP contribution in [-0.4, -0.2) is 27.5 Å². The Morgan fingerprint density at radius 2 is 1.52 bits per heavy atom. The molecule has 0 aliphatic carbocycles. The van der Waals surface area contributed by atoms with Crippen LogP contribution in [0.25, 0.3) is 0 Å². The number of ether oxygens (including phenoxy) is 3. The van der Waals surface area contributed by atoms with Crippen LogP contribution in [0.5, 0.6) is 17.2 Å². The number of alkyl halides is 3. The third kappa shape index (κ3) is 5.51. The van der Waals surface area contributed by atoms with Crippen LogP contribution in [0.3, 0.4) is 0 Å². The Labute approximate surface area is 127 Å². The molecule has 21 heavy (non-hydrogen) atoms. The van der Waals surface area contributed by atoms with Gasteiger partial charge in [0.25, 0.3) is 0 Å². The van der Waals surface area contributed by atoms with Gasteiger partial charge in [0.15, 0.2) is 0 Å². The molecule has 0 radical (unpaired) electrons. The topological polar surface area (TPSA) is 53.7 Å². The first kappa shape index (κ1) is 19.7. The molecule has 0 saturated carbocycles. The first-order valence-corrected chi connectivity index (χ1v) is 5.94. The number of hydrogen-bond donors (Lipinski definition) is 1. The number of hydrogen-bond acceptors (Lipinski definition) is 4. The van der Waals surface area contributed by atoms with E-state index in [1.807, 2.05) is 0 Å². The summed E-state index contributed by atoms with van der Waals surface area (Å²) >= 11 is 0. The Morgan fingerprint density at radius 1 is 1.05 bits per heavy atom. The fraction of sp³-hybridized carbons (Fsp3) is 0.538. The van der Waals surface area contributed by atoms with Crippen molar-refractivity contribution in [2.75, 3.05) is 21.3 Å². The molecule has 1 atom stereocenters. The largest absolute Gasteiger partial charge is 0.496 e. The Bertz CT molecular complexity index is 430. The molecule has 0 aliphatic rings. The lowest BCUT2D eigenvalue weighted by atomic mass is 10.00. The maximum absolute atomic E-state index is 12.3. The summed E-state index contributed by atoms with van der Waals surface area (Å²) in [5.41, 5.74) is 6.25. The van der Waals surface area contributed by atoms with Gasteiger partial charge in [0.05, 0.1) is 26.9 Å². The Morgan fingerprint density at radius 3 is 1.86 bits per heavy atom. The van der Waals surface area contributed by atoms with Gasteiger partial charge in [-0.25, -0.2) is 0 Å². The van der Waals surface area contributed by atoms with E-state index < -0.39 is 18.6 Å². The van der Waals surface area contributed by atoms with Crippen LogP contribution in [0.4, 0.5) is 13.2 Å². The first-order valence-electron chi connectivity index (χ1n) is 5.94. The van der Waals surface area contributed by atoms with Crippen LogP contribution < -0.4 is 19.9 Å². The van der Waals surface area contributed by atoms with E-state index >= 15 is 0 Å². The molecule has 122 valence electrons. The van der Waals surface area contributed by atoms with E-state index in [0.29, 0.717) is 22.8 Å². The van der Waals surface area contributed by atoms with Gasteiger partial charge in [-0.3, -0.25) is 0 Å². The second kappa shape index (κ2) is 8.19. The molecule has 0 heterocycles. The van der Waals surface area contributed by atoms with Gasteiger partial charge in [0, 0.05) is 24.6 Å². The minimum Gasteiger partial charge on any atom is -0.496 e. The molecule has 0 fully saturated rings. The summed E-state index contributed by atoms with van der Waals surface area (Å²) in [4.78, 5) is 0. The molecule has 8 heteroatoms. The zero-order valence-corrected chi connectivity index (χ0v) is 12.8. The van der Waals surface area contributed by atoms with Crippen LogP contribution in [0.1, 0.15) is 24.4 Å². The molecule has 0 aliphatic heterocycles. The lowest BCUT2D eigenvalue weighted by Crippen LogP contribution is -2.17. The predicted molar refractivity (Wildman–Crippen MR) is 75.6 cm³/mol. The zero-order valence-electron chi connectivity index (χ0n) is 12.0. The van der Waals surface area contributed by atoms with Crippen molar-refractivity contribution in [3.63, 3.8) is 0 Å². The SMILES string of the molecule is COc1cc(OC)c([C@H](N)CCC(F)(F)F)c(OC)c1.Cl. The van der Waals surface area contributed by atoms with E-state index in [1.165, 1.54) is 21.3 Å². The Balaban J connectivity index is 0.00000400. The van der Waals surface area contributed by atoms with Gasteiger partial charge in [-0.1, -0.05) is 0 Å². The van der Waals surface area contributed by atoms with Crippen molar-refractivity contribution >= 4 is 12.4 Å². The number of methoxy groups -OCH3 is 3. The van der Waals surface area contributed by atoms with Crippen molar-refractivity contribution in [3.8, 4) is 17.2 Å². The summed E-state index contributed by atoms with van der Waals surface area (Å²) in [5.74, 6) is 1.16. The normalized spacial score (nSPS) is 12.3. The molecule has 2 N–H and O–H groups in total. The third-order valence-corrected chi connectivity index (χ3v) is 2.86. The van der Waals surface area contributed by atoms with Gasteiger partial charge < -0.3 is 19.9 Å². The molecular weight excluding hydrogens is 311 g/mol. The van der Waals surface area contributed by atoms with Gasteiger partial charge in [-0.05, 0) is 6.42 Å². The molecular formula is C13H19ClF3NO3. The summed E-state index contributed by atoms with van der Waals surface area (Å²) < 4.78 is 52.2. The molecule has 0 saturated heterocycles. The summed E-state index contributed by atoms with van der Waals surface area (Å²) in [7, 11) is 4.29.